The predicted octanol–water partition coefficient (Wildman–Crippen LogP) is 1.01. The molecule has 0 aliphatic heterocycles. The minimum absolute atomic E-state index is 0.102. The first-order valence-corrected chi connectivity index (χ1v) is 11.7. The highest BCUT2D eigenvalue weighted by molar-refractivity contribution is 7.80. The molecule has 0 spiro atoms. The number of aliphatic hydroxyl groups excluding tert-OH is 2. The number of ether oxygens (including phenoxy) is 4. The Balaban J connectivity index is 5.30. The average Bonchev–Trinajstić information content (AvgIpc) is 2.68. The first-order valence-electron chi connectivity index (χ1n) is 9.16. The fourth-order valence-corrected chi connectivity index (χ4v) is 2.78. The van der Waals surface area contributed by atoms with Crippen LogP contribution in [0.1, 0.15) is 25.7 Å². The third-order valence-electron chi connectivity index (χ3n) is 3.63. The molecule has 0 aliphatic rings. The summed E-state index contributed by atoms with van der Waals surface area (Å²) in [6, 6.07) is 0. The van der Waals surface area contributed by atoms with Gasteiger partial charge in [-0.3, -0.25) is 9.59 Å². The van der Waals surface area contributed by atoms with Gasteiger partial charge in [-0.2, -0.15) is 50.5 Å². The molecule has 0 aromatic carbocycles. The highest BCUT2D eigenvalue weighted by Crippen LogP contribution is 2.23. The van der Waals surface area contributed by atoms with Crippen LogP contribution in [0.5, 0.6) is 0 Å². The van der Waals surface area contributed by atoms with Crippen molar-refractivity contribution >= 4 is 62.5 Å². The molecule has 0 saturated heterocycles. The summed E-state index contributed by atoms with van der Waals surface area (Å²) in [5, 5.41) is 19.8. The molecule has 172 valence electrons. The SMILES string of the molecule is O=C(CCS)OCC(COC(=O)CCS)(COC(O)CCS)COC(O)CCS. The second-order valence-electron chi connectivity index (χ2n) is 6.32. The van der Waals surface area contributed by atoms with E-state index < -0.39 is 29.9 Å². The Morgan fingerprint density at radius 3 is 1.38 bits per heavy atom. The zero-order chi connectivity index (χ0) is 22.1. The van der Waals surface area contributed by atoms with E-state index in [-0.39, 0.29) is 52.1 Å². The molecule has 0 aromatic heterocycles. The van der Waals surface area contributed by atoms with Crippen molar-refractivity contribution in [1.82, 2.24) is 0 Å². The summed E-state index contributed by atoms with van der Waals surface area (Å²) in [4.78, 5) is 23.6. The Morgan fingerprint density at radius 1 is 0.690 bits per heavy atom. The summed E-state index contributed by atoms with van der Waals surface area (Å²) in [7, 11) is 0. The highest BCUT2D eigenvalue weighted by atomic mass is 32.1. The van der Waals surface area contributed by atoms with Gasteiger partial charge in [-0.25, -0.2) is 0 Å². The van der Waals surface area contributed by atoms with Gasteiger partial charge in [0.15, 0.2) is 12.6 Å². The van der Waals surface area contributed by atoms with Gasteiger partial charge in [0.25, 0.3) is 0 Å². The first-order chi connectivity index (χ1) is 13.8. The fraction of sp³-hybridized carbons (Fsp3) is 0.882. The van der Waals surface area contributed by atoms with Gasteiger partial charge in [0.2, 0.25) is 0 Å². The molecule has 12 heteroatoms. The molecule has 0 bridgehead atoms. The van der Waals surface area contributed by atoms with Crippen molar-refractivity contribution in [2.75, 3.05) is 49.4 Å². The summed E-state index contributed by atoms with van der Waals surface area (Å²) >= 11 is 16.1. The fourth-order valence-electron chi connectivity index (χ4n) is 1.98. The molecular formula is C17H32O8S4. The summed E-state index contributed by atoms with van der Waals surface area (Å²) in [5.41, 5.74) is -1.13. The smallest absolute Gasteiger partial charge is 0.306 e. The Kier molecular flexibility index (Phi) is 17.9. The predicted molar refractivity (Wildman–Crippen MR) is 122 cm³/mol. The Labute approximate surface area is 194 Å². The van der Waals surface area contributed by atoms with E-state index in [0.717, 1.165) is 0 Å². The van der Waals surface area contributed by atoms with E-state index in [1.165, 1.54) is 0 Å². The maximum absolute atomic E-state index is 11.8. The lowest BCUT2D eigenvalue weighted by molar-refractivity contribution is -0.194. The quantitative estimate of drug-likeness (QED) is 0.0956. The number of rotatable bonds is 18. The highest BCUT2D eigenvalue weighted by Gasteiger charge is 2.36. The molecule has 8 nitrogen and oxygen atoms in total. The number of aliphatic hydroxyl groups is 2. The normalized spacial score (nSPS) is 13.7. The molecule has 0 radical (unpaired) electrons. The van der Waals surface area contributed by atoms with Gasteiger partial charge < -0.3 is 29.2 Å². The molecule has 0 saturated carbocycles. The maximum atomic E-state index is 11.8. The van der Waals surface area contributed by atoms with Crippen molar-refractivity contribution in [3.63, 3.8) is 0 Å². The van der Waals surface area contributed by atoms with Gasteiger partial charge in [0.1, 0.15) is 13.2 Å². The third kappa shape index (κ3) is 14.8. The Morgan fingerprint density at radius 2 is 1.07 bits per heavy atom. The van der Waals surface area contributed by atoms with Crippen LogP contribution in [0, 0.1) is 5.41 Å². The molecule has 0 aromatic rings. The molecular weight excluding hydrogens is 460 g/mol. The lowest BCUT2D eigenvalue weighted by Crippen LogP contribution is -2.44. The van der Waals surface area contributed by atoms with E-state index in [4.69, 9.17) is 18.9 Å². The van der Waals surface area contributed by atoms with Crippen LogP contribution in [0.3, 0.4) is 0 Å². The average molecular weight is 493 g/mol. The molecule has 0 fully saturated rings. The second-order valence-corrected chi connectivity index (χ2v) is 8.11. The van der Waals surface area contributed by atoms with Crippen LogP contribution in [0.4, 0.5) is 0 Å². The lowest BCUT2D eigenvalue weighted by atomic mass is 9.92. The molecule has 29 heavy (non-hydrogen) atoms. The van der Waals surface area contributed by atoms with Crippen LogP contribution in [-0.4, -0.2) is 84.2 Å². The number of carbonyl (C=O) groups is 2. The number of hydrogen-bond donors (Lipinski definition) is 6. The van der Waals surface area contributed by atoms with E-state index in [1.807, 2.05) is 0 Å². The monoisotopic (exact) mass is 492 g/mol. The van der Waals surface area contributed by atoms with Crippen LogP contribution >= 0.6 is 50.5 Å². The maximum Gasteiger partial charge on any atom is 0.306 e. The Hall–Kier alpha value is 0.180. The van der Waals surface area contributed by atoms with Crippen molar-refractivity contribution in [3.05, 3.63) is 0 Å². The van der Waals surface area contributed by atoms with Gasteiger partial charge >= 0.3 is 11.9 Å². The van der Waals surface area contributed by atoms with Gasteiger partial charge in [-0.1, -0.05) is 0 Å². The summed E-state index contributed by atoms with van der Waals surface area (Å²) in [5.74, 6) is 0.461. The number of hydrogen-bond acceptors (Lipinski definition) is 12. The third-order valence-corrected chi connectivity index (χ3v) is 4.59. The van der Waals surface area contributed by atoms with Gasteiger partial charge in [0.05, 0.1) is 31.5 Å². The summed E-state index contributed by atoms with van der Waals surface area (Å²) in [6.07, 6.45) is -1.44. The molecule has 0 aliphatic carbocycles. The van der Waals surface area contributed by atoms with E-state index >= 15 is 0 Å². The number of esters is 2. The van der Waals surface area contributed by atoms with E-state index in [2.05, 4.69) is 50.5 Å². The molecule has 2 atom stereocenters. The van der Waals surface area contributed by atoms with Crippen molar-refractivity contribution in [2.24, 2.45) is 5.41 Å². The van der Waals surface area contributed by atoms with Gasteiger partial charge in [-0.15, -0.1) is 0 Å². The van der Waals surface area contributed by atoms with Crippen LogP contribution < -0.4 is 0 Å². The zero-order valence-corrected chi connectivity index (χ0v) is 19.9. The first kappa shape index (κ1) is 29.2. The summed E-state index contributed by atoms with van der Waals surface area (Å²) < 4.78 is 21.4. The molecule has 2 N–H and O–H groups in total. The second kappa shape index (κ2) is 17.8. The van der Waals surface area contributed by atoms with Crippen LogP contribution in [0.2, 0.25) is 0 Å². The lowest BCUT2D eigenvalue weighted by Gasteiger charge is -2.33. The topological polar surface area (TPSA) is 112 Å². The Bertz CT molecular complexity index is 415. The standard InChI is InChI=1S/C17H32O8S4/c18-13(1-5-26)22-9-17(10-23-14(19)2-6-27,11-24-15(20)3-7-28)12-25-16(21)4-8-29/h13-14,18-19,26-29H,1-12H2. The van der Waals surface area contributed by atoms with E-state index in [1.54, 1.807) is 0 Å². The van der Waals surface area contributed by atoms with Gasteiger partial charge in [-0.05, 0) is 11.5 Å². The minimum Gasteiger partial charge on any atom is -0.465 e. The van der Waals surface area contributed by atoms with Crippen LogP contribution in [0.25, 0.3) is 0 Å². The van der Waals surface area contributed by atoms with Crippen molar-refractivity contribution in [1.29, 1.82) is 0 Å². The van der Waals surface area contributed by atoms with E-state index in [0.29, 0.717) is 23.0 Å². The number of carbonyl (C=O) groups excluding carboxylic acids is 2. The largest absolute Gasteiger partial charge is 0.465 e. The molecule has 0 rings (SSSR count). The molecule has 0 amide bonds. The van der Waals surface area contributed by atoms with Crippen LogP contribution in [0.15, 0.2) is 0 Å². The van der Waals surface area contributed by atoms with E-state index in [9.17, 15) is 19.8 Å². The number of thiol groups is 4. The zero-order valence-electron chi connectivity index (χ0n) is 16.3. The molecule has 0 heterocycles. The minimum atomic E-state index is -1.13. The van der Waals surface area contributed by atoms with Crippen LogP contribution in [-0.2, 0) is 28.5 Å². The van der Waals surface area contributed by atoms with Gasteiger partial charge in [0, 0.05) is 24.3 Å². The van der Waals surface area contributed by atoms with Crippen molar-refractivity contribution in [2.45, 2.75) is 38.3 Å². The molecule has 2 unspecified atom stereocenters. The summed E-state index contributed by atoms with van der Waals surface area (Å²) in [6.45, 7) is -0.681. The van der Waals surface area contributed by atoms with Crippen molar-refractivity contribution < 1.29 is 38.7 Å². The van der Waals surface area contributed by atoms with Crippen molar-refractivity contribution in [3.8, 4) is 0 Å².